The highest BCUT2D eigenvalue weighted by molar-refractivity contribution is 5.80. The van der Waals surface area contributed by atoms with Crippen LogP contribution in [0, 0.1) is 5.41 Å². The third-order valence-corrected chi connectivity index (χ3v) is 6.52. The minimum absolute atomic E-state index is 0.0118. The quantitative estimate of drug-likeness (QED) is 0.411. The van der Waals surface area contributed by atoms with Gasteiger partial charge in [0.05, 0.1) is 12.0 Å². The number of carbonyl (C=O) groups excluding carboxylic acids is 2. The van der Waals surface area contributed by atoms with E-state index in [2.05, 4.69) is 34.9 Å². The lowest BCUT2D eigenvalue weighted by Gasteiger charge is -2.26. The SMILES string of the molecule is CCC(CC)(CNC(=O)COCCNC(=O)OCC1c2ccccc2-c2ccccc21)C(=O)O. The number of ether oxygens (including phenoxy) is 2. The number of nitrogens with one attached hydrogen (secondary N) is 2. The maximum atomic E-state index is 12.1. The van der Waals surface area contributed by atoms with Gasteiger partial charge in [0.2, 0.25) is 5.91 Å². The molecule has 0 saturated heterocycles. The van der Waals surface area contributed by atoms with E-state index in [1.807, 2.05) is 24.3 Å². The zero-order valence-electron chi connectivity index (χ0n) is 19.6. The van der Waals surface area contributed by atoms with Crippen molar-refractivity contribution in [3.63, 3.8) is 0 Å². The number of fused-ring (bicyclic) bond motifs is 3. The zero-order chi connectivity index (χ0) is 24.6. The average molecular weight is 469 g/mol. The van der Waals surface area contributed by atoms with E-state index < -0.39 is 23.4 Å². The molecule has 0 saturated carbocycles. The van der Waals surface area contributed by atoms with Crippen molar-refractivity contribution in [2.24, 2.45) is 5.41 Å². The highest BCUT2D eigenvalue weighted by Crippen LogP contribution is 2.44. The van der Waals surface area contributed by atoms with Crippen molar-refractivity contribution in [2.75, 3.05) is 32.9 Å². The van der Waals surface area contributed by atoms with Crippen LogP contribution in [0.15, 0.2) is 48.5 Å². The van der Waals surface area contributed by atoms with Crippen LogP contribution in [0.2, 0.25) is 0 Å². The first-order chi connectivity index (χ1) is 16.4. The standard InChI is InChI=1S/C26H32N2O6/c1-3-26(4-2,24(30)31)17-28-23(29)16-33-14-13-27-25(32)34-15-22-20-11-7-5-9-18(20)19-10-6-8-12-21(19)22/h5-12,22H,3-4,13-17H2,1-2H3,(H,27,32)(H,28,29)(H,30,31). The van der Waals surface area contributed by atoms with E-state index in [1.54, 1.807) is 13.8 Å². The summed E-state index contributed by atoms with van der Waals surface area (Å²) in [7, 11) is 0. The van der Waals surface area contributed by atoms with Gasteiger partial charge >= 0.3 is 12.1 Å². The number of carbonyl (C=O) groups is 3. The smallest absolute Gasteiger partial charge is 0.407 e. The van der Waals surface area contributed by atoms with Gasteiger partial charge in [-0.05, 0) is 35.1 Å². The van der Waals surface area contributed by atoms with Crippen molar-refractivity contribution in [1.82, 2.24) is 10.6 Å². The Labute approximate surface area is 199 Å². The van der Waals surface area contributed by atoms with Gasteiger partial charge < -0.3 is 25.2 Å². The second-order valence-corrected chi connectivity index (χ2v) is 8.37. The van der Waals surface area contributed by atoms with Gasteiger partial charge in [0.1, 0.15) is 13.2 Å². The first kappa shape index (κ1) is 25.2. The molecular weight excluding hydrogens is 436 g/mol. The van der Waals surface area contributed by atoms with Gasteiger partial charge in [-0.2, -0.15) is 0 Å². The van der Waals surface area contributed by atoms with Crippen molar-refractivity contribution >= 4 is 18.0 Å². The van der Waals surface area contributed by atoms with Crippen molar-refractivity contribution in [3.05, 3.63) is 59.7 Å². The van der Waals surface area contributed by atoms with Crippen molar-refractivity contribution in [1.29, 1.82) is 0 Å². The van der Waals surface area contributed by atoms with Gasteiger partial charge in [-0.3, -0.25) is 9.59 Å². The molecule has 3 rings (SSSR count). The zero-order valence-corrected chi connectivity index (χ0v) is 19.6. The number of hydrogen-bond donors (Lipinski definition) is 3. The lowest BCUT2D eigenvalue weighted by Crippen LogP contribution is -2.43. The maximum absolute atomic E-state index is 12.1. The molecule has 0 aromatic heterocycles. The summed E-state index contributed by atoms with van der Waals surface area (Å²) in [6, 6.07) is 16.2. The minimum atomic E-state index is -0.971. The molecule has 0 fully saturated rings. The molecule has 1 aliphatic rings. The fourth-order valence-corrected chi connectivity index (χ4v) is 4.24. The molecular formula is C26H32N2O6. The number of carboxylic acids is 1. The number of amides is 2. The van der Waals surface area contributed by atoms with E-state index in [4.69, 9.17) is 9.47 Å². The molecule has 2 amide bonds. The van der Waals surface area contributed by atoms with Crippen LogP contribution in [0.25, 0.3) is 11.1 Å². The van der Waals surface area contributed by atoms with Gasteiger partial charge in [0.25, 0.3) is 0 Å². The Morgan fingerprint density at radius 1 is 0.941 bits per heavy atom. The summed E-state index contributed by atoms with van der Waals surface area (Å²) < 4.78 is 10.7. The number of carboxylic acid groups (broad SMARTS) is 1. The van der Waals surface area contributed by atoms with Crippen LogP contribution in [-0.2, 0) is 19.1 Å². The molecule has 0 unspecified atom stereocenters. The fraction of sp³-hybridized carbons (Fsp3) is 0.423. The van der Waals surface area contributed by atoms with Crippen LogP contribution >= 0.6 is 0 Å². The van der Waals surface area contributed by atoms with Crippen LogP contribution < -0.4 is 10.6 Å². The Kier molecular flexibility index (Phi) is 8.65. The highest BCUT2D eigenvalue weighted by atomic mass is 16.5. The Balaban J connectivity index is 1.36. The highest BCUT2D eigenvalue weighted by Gasteiger charge is 2.35. The molecule has 182 valence electrons. The average Bonchev–Trinajstić information content (AvgIpc) is 3.17. The lowest BCUT2D eigenvalue weighted by molar-refractivity contribution is -0.149. The van der Waals surface area contributed by atoms with Gasteiger partial charge in [-0.1, -0.05) is 62.4 Å². The normalized spacial score (nSPS) is 12.5. The van der Waals surface area contributed by atoms with Crippen LogP contribution in [0.5, 0.6) is 0 Å². The molecule has 3 N–H and O–H groups in total. The van der Waals surface area contributed by atoms with E-state index in [9.17, 15) is 19.5 Å². The lowest BCUT2D eigenvalue weighted by atomic mass is 9.82. The second-order valence-electron chi connectivity index (χ2n) is 8.37. The third-order valence-electron chi connectivity index (χ3n) is 6.52. The minimum Gasteiger partial charge on any atom is -0.481 e. The number of aliphatic carboxylic acids is 1. The molecule has 0 atom stereocenters. The first-order valence-corrected chi connectivity index (χ1v) is 11.6. The summed E-state index contributed by atoms with van der Waals surface area (Å²) in [6.07, 6.45) is 0.292. The predicted molar refractivity (Wildman–Crippen MR) is 128 cm³/mol. The van der Waals surface area contributed by atoms with Crippen LogP contribution in [0.1, 0.15) is 43.7 Å². The molecule has 0 bridgehead atoms. The summed E-state index contributed by atoms with van der Waals surface area (Å²) in [6.45, 7) is 3.95. The maximum Gasteiger partial charge on any atom is 0.407 e. The fourth-order valence-electron chi connectivity index (χ4n) is 4.24. The monoisotopic (exact) mass is 468 g/mol. The van der Waals surface area contributed by atoms with Crippen molar-refractivity contribution in [3.8, 4) is 11.1 Å². The molecule has 8 nitrogen and oxygen atoms in total. The molecule has 0 aliphatic heterocycles. The Morgan fingerprint density at radius 2 is 1.53 bits per heavy atom. The van der Waals surface area contributed by atoms with Gasteiger partial charge in [-0.15, -0.1) is 0 Å². The molecule has 0 radical (unpaired) electrons. The van der Waals surface area contributed by atoms with Crippen molar-refractivity contribution < 1.29 is 29.0 Å². The van der Waals surface area contributed by atoms with Crippen LogP contribution in [0.3, 0.4) is 0 Å². The van der Waals surface area contributed by atoms with Gasteiger partial charge in [0, 0.05) is 19.0 Å². The summed E-state index contributed by atoms with van der Waals surface area (Å²) in [5.74, 6) is -1.33. The van der Waals surface area contributed by atoms with Gasteiger partial charge in [0.15, 0.2) is 0 Å². The third kappa shape index (κ3) is 5.75. The van der Waals surface area contributed by atoms with E-state index in [0.29, 0.717) is 12.8 Å². The molecule has 34 heavy (non-hydrogen) atoms. The topological polar surface area (TPSA) is 114 Å². The van der Waals surface area contributed by atoms with Crippen LogP contribution in [-0.4, -0.2) is 56.0 Å². The van der Waals surface area contributed by atoms with E-state index in [-0.39, 0.29) is 38.8 Å². The summed E-state index contributed by atoms with van der Waals surface area (Å²) in [4.78, 5) is 35.6. The van der Waals surface area contributed by atoms with Crippen LogP contribution in [0.4, 0.5) is 4.79 Å². The van der Waals surface area contributed by atoms with E-state index in [1.165, 1.54) is 0 Å². The number of benzene rings is 2. The second kappa shape index (κ2) is 11.7. The molecule has 0 heterocycles. The number of rotatable bonds is 12. The van der Waals surface area contributed by atoms with E-state index >= 15 is 0 Å². The summed E-state index contributed by atoms with van der Waals surface area (Å²) in [5.41, 5.74) is 3.64. The van der Waals surface area contributed by atoms with Crippen molar-refractivity contribution in [2.45, 2.75) is 32.6 Å². The molecule has 1 aliphatic carbocycles. The number of alkyl carbamates (subject to hydrolysis) is 1. The largest absolute Gasteiger partial charge is 0.481 e. The molecule has 0 spiro atoms. The number of hydrogen-bond acceptors (Lipinski definition) is 5. The summed E-state index contributed by atoms with van der Waals surface area (Å²) >= 11 is 0. The molecule has 2 aromatic rings. The Morgan fingerprint density at radius 3 is 2.09 bits per heavy atom. The predicted octanol–water partition coefficient (Wildman–Crippen LogP) is 3.55. The summed E-state index contributed by atoms with van der Waals surface area (Å²) in [5, 5.41) is 14.6. The first-order valence-electron chi connectivity index (χ1n) is 11.6. The Bertz CT molecular complexity index is 972. The molecule has 8 heteroatoms. The van der Waals surface area contributed by atoms with E-state index in [0.717, 1.165) is 22.3 Å². The molecule has 2 aromatic carbocycles. The Hall–Kier alpha value is -3.39. The van der Waals surface area contributed by atoms with Gasteiger partial charge in [-0.25, -0.2) is 4.79 Å².